The molecule has 1 aromatic rings. The molecule has 3 N–H and O–H groups in total. The van der Waals surface area contributed by atoms with Crippen LogP contribution in [0.4, 0.5) is 0 Å². The Morgan fingerprint density at radius 3 is 2.44 bits per heavy atom. The smallest absolute Gasteiger partial charge is 0.237 e. The van der Waals surface area contributed by atoms with Crippen molar-refractivity contribution in [3.05, 3.63) is 35.9 Å². The van der Waals surface area contributed by atoms with Crippen LogP contribution in [0.25, 0.3) is 0 Å². The van der Waals surface area contributed by atoms with Crippen molar-refractivity contribution in [3.63, 3.8) is 0 Å². The summed E-state index contributed by atoms with van der Waals surface area (Å²) in [5, 5.41) is 3.39. The number of hydrogen-bond acceptors (Lipinski definition) is 2. The quantitative estimate of drug-likeness (QED) is 0.855. The van der Waals surface area contributed by atoms with E-state index in [0.717, 1.165) is 19.3 Å². The van der Waals surface area contributed by atoms with Gasteiger partial charge in [-0.25, -0.2) is 0 Å². The molecule has 1 unspecified atom stereocenters. The molecule has 1 aromatic carbocycles. The van der Waals surface area contributed by atoms with Gasteiger partial charge in [0, 0.05) is 6.54 Å². The largest absolute Gasteiger partial charge is 0.368 e. The summed E-state index contributed by atoms with van der Waals surface area (Å²) in [5.41, 5.74) is 6.46. The summed E-state index contributed by atoms with van der Waals surface area (Å²) in [4.78, 5) is 11.8. The Kier molecular flexibility index (Phi) is 3.44. The number of hydrogen-bond donors (Lipinski definition) is 2. The molecule has 2 rings (SSSR count). The monoisotopic (exact) mass is 246 g/mol. The summed E-state index contributed by atoms with van der Waals surface area (Å²) >= 11 is 0. The topological polar surface area (TPSA) is 55.1 Å². The van der Waals surface area contributed by atoms with E-state index in [2.05, 4.69) is 31.3 Å². The number of carbonyl (C=O) groups is 1. The molecule has 98 valence electrons. The molecule has 1 fully saturated rings. The number of nitrogens with two attached hydrogens (primary N) is 1. The van der Waals surface area contributed by atoms with E-state index in [9.17, 15) is 4.79 Å². The molecule has 3 heteroatoms. The van der Waals surface area contributed by atoms with Gasteiger partial charge in [0.1, 0.15) is 0 Å². The van der Waals surface area contributed by atoms with Gasteiger partial charge < -0.3 is 5.73 Å². The molecule has 1 amide bonds. The number of rotatable bonds is 4. The molecule has 3 nitrogen and oxygen atoms in total. The van der Waals surface area contributed by atoms with Gasteiger partial charge in [-0.1, -0.05) is 44.2 Å². The zero-order valence-corrected chi connectivity index (χ0v) is 11.2. The molecule has 1 atom stereocenters. The number of nitrogens with one attached hydrogen (secondary N) is 1. The normalized spacial score (nSPS) is 26.1. The summed E-state index contributed by atoms with van der Waals surface area (Å²) in [6.07, 6.45) is 2.70. The maximum absolute atomic E-state index is 11.8. The Bertz CT molecular complexity index is 427. The molecule has 0 heterocycles. The lowest BCUT2D eigenvalue weighted by molar-refractivity contribution is -0.124. The lowest BCUT2D eigenvalue weighted by atomic mass is 9.87. The Balaban J connectivity index is 2.07. The molecule has 0 bridgehead atoms. The lowest BCUT2D eigenvalue weighted by Crippen LogP contribution is -2.53. The maximum atomic E-state index is 11.8. The van der Waals surface area contributed by atoms with Crippen LogP contribution >= 0.6 is 0 Å². The molecule has 0 aliphatic heterocycles. The zero-order chi connectivity index (χ0) is 13.2. The molecular formula is C15H22N2O. The van der Waals surface area contributed by atoms with Crippen molar-refractivity contribution in [2.24, 2.45) is 11.1 Å². The van der Waals surface area contributed by atoms with E-state index in [0.29, 0.717) is 6.54 Å². The fourth-order valence-corrected chi connectivity index (χ4v) is 2.86. The fraction of sp³-hybridized carbons (Fsp3) is 0.533. The minimum atomic E-state index is -0.528. The van der Waals surface area contributed by atoms with Crippen molar-refractivity contribution < 1.29 is 4.79 Å². The molecule has 18 heavy (non-hydrogen) atoms. The Morgan fingerprint density at radius 2 is 1.94 bits per heavy atom. The fourth-order valence-electron chi connectivity index (χ4n) is 2.86. The molecule has 1 saturated carbocycles. The molecule has 0 radical (unpaired) electrons. The van der Waals surface area contributed by atoms with Crippen molar-refractivity contribution in [1.29, 1.82) is 0 Å². The number of benzene rings is 1. The van der Waals surface area contributed by atoms with Crippen LogP contribution in [0.2, 0.25) is 0 Å². The van der Waals surface area contributed by atoms with E-state index in [1.54, 1.807) is 0 Å². The highest BCUT2D eigenvalue weighted by atomic mass is 16.1. The van der Waals surface area contributed by atoms with Crippen LogP contribution in [-0.4, -0.2) is 11.4 Å². The summed E-state index contributed by atoms with van der Waals surface area (Å²) < 4.78 is 0. The van der Waals surface area contributed by atoms with Crippen molar-refractivity contribution in [2.75, 3.05) is 0 Å². The highest BCUT2D eigenvalue weighted by Gasteiger charge is 2.46. The van der Waals surface area contributed by atoms with Gasteiger partial charge in [0.2, 0.25) is 5.91 Å². The second kappa shape index (κ2) is 4.73. The van der Waals surface area contributed by atoms with Gasteiger partial charge in [-0.3, -0.25) is 10.1 Å². The molecule has 0 aromatic heterocycles. The van der Waals surface area contributed by atoms with E-state index in [1.807, 2.05) is 18.2 Å². The Hall–Kier alpha value is -1.35. The van der Waals surface area contributed by atoms with Crippen molar-refractivity contribution >= 4 is 5.91 Å². The van der Waals surface area contributed by atoms with Crippen LogP contribution < -0.4 is 11.1 Å². The Labute approximate surface area is 109 Å². The average Bonchev–Trinajstić information content (AvgIpc) is 2.65. The SMILES string of the molecule is CC1(C)CCC(NCc2ccccc2)(C(N)=O)C1. The molecule has 0 saturated heterocycles. The predicted molar refractivity (Wildman–Crippen MR) is 72.8 cm³/mol. The van der Waals surface area contributed by atoms with Crippen LogP contribution in [0.5, 0.6) is 0 Å². The van der Waals surface area contributed by atoms with Gasteiger partial charge in [0.05, 0.1) is 5.54 Å². The first-order valence-corrected chi connectivity index (χ1v) is 6.52. The number of carbonyl (C=O) groups excluding carboxylic acids is 1. The predicted octanol–water partition coefficient (Wildman–Crippen LogP) is 2.21. The first-order chi connectivity index (χ1) is 8.44. The molecule has 1 aliphatic carbocycles. The number of primary amides is 1. The average molecular weight is 246 g/mol. The van der Waals surface area contributed by atoms with Gasteiger partial charge in [0.15, 0.2) is 0 Å². The minimum absolute atomic E-state index is 0.193. The van der Waals surface area contributed by atoms with Gasteiger partial charge in [-0.2, -0.15) is 0 Å². The van der Waals surface area contributed by atoms with E-state index in [-0.39, 0.29) is 11.3 Å². The summed E-state index contributed by atoms with van der Waals surface area (Å²) in [5.74, 6) is -0.219. The van der Waals surface area contributed by atoms with Gasteiger partial charge in [0.25, 0.3) is 0 Å². The van der Waals surface area contributed by atoms with Gasteiger partial charge in [-0.05, 0) is 30.2 Å². The summed E-state index contributed by atoms with van der Waals surface area (Å²) in [6, 6.07) is 10.1. The van der Waals surface area contributed by atoms with Gasteiger partial charge in [-0.15, -0.1) is 0 Å². The molecular weight excluding hydrogens is 224 g/mol. The van der Waals surface area contributed by atoms with Crippen molar-refractivity contribution in [1.82, 2.24) is 5.32 Å². The highest BCUT2D eigenvalue weighted by Crippen LogP contribution is 2.43. The minimum Gasteiger partial charge on any atom is -0.368 e. The first kappa shape index (κ1) is 13.1. The van der Waals surface area contributed by atoms with Crippen LogP contribution in [0, 0.1) is 5.41 Å². The highest BCUT2D eigenvalue weighted by molar-refractivity contribution is 5.85. The number of amides is 1. The van der Waals surface area contributed by atoms with Crippen LogP contribution in [-0.2, 0) is 11.3 Å². The zero-order valence-electron chi connectivity index (χ0n) is 11.2. The Morgan fingerprint density at radius 1 is 1.28 bits per heavy atom. The third kappa shape index (κ3) is 2.72. The lowest BCUT2D eigenvalue weighted by Gasteiger charge is -2.29. The van der Waals surface area contributed by atoms with Crippen molar-refractivity contribution in [2.45, 2.75) is 45.2 Å². The van der Waals surface area contributed by atoms with Crippen LogP contribution in [0.15, 0.2) is 30.3 Å². The maximum Gasteiger partial charge on any atom is 0.237 e. The summed E-state index contributed by atoms with van der Waals surface area (Å²) in [6.45, 7) is 5.09. The van der Waals surface area contributed by atoms with Crippen molar-refractivity contribution in [3.8, 4) is 0 Å². The summed E-state index contributed by atoms with van der Waals surface area (Å²) in [7, 11) is 0. The third-order valence-electron chi connectivity index (χ3n) is 3.95. The van der Waals surface area contributed by atoms with Crippen LogP contribution in [0.1, 0.15) is 38.7 Å². The molecule has 1 aliphatic rings. The molecule has 0 spiro atoms. The first-order valence-electron chi connectivity index (χ1n) is 6.52. The third-order valence-corrected chi connectivity index (χ3v) is 3.95. The second-order valence-electron chi connectivity index (χ2n) is 6.13. The van der Waals surface area contributed by atoms with Crippen LogP contribution in [0.3, 0.4) is 0 Å². The van der Waals surface area contributed by atoms with E-state index in [1.165, 1.54) is 5.56 Å². The van der Waals surface area contributed by atoms with E-state index < -0.39 is 5.54 Å². The van der Waals surface area contributed by atoms with Gasteiger partial charge >= 0.3 is 0 Å². The second-order valence-corrected chi connectivity index (χ2v) is 6.13. The standard InChI is InChI=1S/C15H22N2O/c1-14(2)8-9-15(11-14,13(16)18)17-10-12-6-4-3-5-7-12/h3-7,17H,8-11H2,1-2H3,(H2,16,18). The van der Waals surface area contributed by atoms with E-state index in [4.69, 9.17) is 5.73 Å². The van der Waals surface area contributed by atoms with E-state index >= 15 is 0 Å².